The molecule has 0 aliphatic carbocycles. The van der Waals surface area contributed by atoms with Gasteiger partial charge in [0.15, 0.2) is 0 Å². The average molecular weight is 465 g/mol. The molecule has 9 nitrogen and oxygen atoms in total. The molecule has 168 valence electrons. The van der Waals surface area contributed by atoms with Crippen LogP contribution in [-0.2, 0) is 6.54 Å². The zero-order chi connectivity index (χ0) is 23.9. The number of hydrogen-bond donors (Lipinski definition) is 0. The third-order valence-corrected chi connectivity index (χ3v) is 6.62. The van der Waals surface area contributed by atoms with Gasteiger partial charge >= 0.3 is 5.69 Å². The molecular weight excluding hydrogens is 444 g/mol. The number of fused-ring (bicyclic) bond motifs is 1. The molecule has 2 aromatic carbocycles. The number of carbonyl (C=O) groups excluding carboxylic acids is 1. The summed E-state index contributed by atoms with van der Waals surface area (Å²) in [6, 6.07) is 14.8. The van der Waals surface area contributed by atoms with Crippen molar-refractivity contribution in [3.05, 3.63) is 102 Å². The predicted octanol–water partition coefficient (Wildman–Crippen LogP) is 3.18. The van der Waals surface area contributed by atoms with Crippen molar-refractivity contribution < 1.29 is 9.72 Å². The smallest absolute Gasteiger partial charge is 0.337 e. The van der Waals surface area contributed by atoms with Crippen molar-refractivity contribution in [1.82, 2.24) is 14.0 Å². The molecule has 0 aliphatic heterocycles. The maximum Gasteiger partial charge on any atom is 0.337 e. The van der Waals surface area contributed by atoms with Gasteiger partial charge in [0.25, 0.3) is 17.2 Å². The first-order valence-electron chi connectivity index (χ1n) is 10.0. The van der Waals surface area contributed by atoms with Crippen molar-refractivity contribution in [1.29, 1.82) is 0 Å². The highest BCUT2D eigenvalue weighted by atomic mass is 32.1. The van der Waals surface area contributed by atoms with Crippen LogP contribution in [0.1, 0.15) is 20.8 Å². The van der Waals surface area contributed by atoms with Crippen LogP contribution in [0.3, 0.4) is 0 Å². The molecule has 0 spiro atoms. The van der Waals surface area contributed by atoms with Crippen LogP contribution in [0, 0.1) is 17.0 Å². The largest absolute Gasteiger partial charge is 0.344 e. The lowest BCUT2D eigenvalue weighted by Crippen LogP contribution is -2.39. The highest BCUT2D eigenvalue weighted by molar-refractivity contribution is 7.20. The van der Waals surface area contributed by atoms with E-state index in [0.717, 1.165) is 21.5 Å². The molecule has 0 atom stereocenters. The van der Waals surface area contributed by atoms with Crippen molar-refractivity contribution in [3.8, 4) is 5.69 Å². The number of amides is 1. The molecule has 0 fully saturated rings. The molecule has 0 radical (unpaired) electrons. The quantitative estimate of drug-likeness (QED) is 0.333. The van der Waals surface area contributed by atoms with Gasteiger partial charge in [0, 0.05) is 20.2 Å². The lowest BCUT2D eigenvalue weighted by Gasteiger charge is -2.12. The molecule has 0 saturated carbocycles. The fraction of sp³-hybridized carbons (Fsp3) is 0.174. The minimum atomic E-state index is -0.712. The summed E-state index contributed by atoms with van der Waals surface area (Å²) in [6.45, 7) is 1.78. The van der Waals surface area contributed by atoms with Gasteiger partial charge in [0.1, 0.15) is 10.5 Å². The van der Waals surface area contributed by atoms with E-state index in [1.165, 1.54) is 33.7 Å². The molecule has 4 aromatic rings. The van der Waals surface area contributed by atoms with Gasteiger partial charge in [0.2, 0.25) is 0 Å². The summed E-state index contributed by atoms with van der Waals surface area (Å²) < 4.78 is 2.22. The van der Waals surface area contributed by atoms with E-state index in [-0.39, 0.29) is 29.2 Å². The number of nitro groups is 1. The van der Waals surface area contributed by atoms with E-state index in [9.17, 15) is 24.5 Å². The Morgan fingerprint density at radius 2 is 1.70 bits per heavy atom. The molecule has 10 heteroatoms. The fourth-order valence-electron chi connectivity index (χ4n) is 3.68. The molecule has 33 heavy (non-hydrogen) atoms. The summed E-state index contributed by atoms with van der Waals surface area (Å²) in [4.78, 5) is 53.0. The van der Waals surface area contributed by atoms with Gasteiger partial charge in [0.05, 0.1) is 21.7 Å². The van der Waals surface area contributed by atoms with E-state index in [2.05, 4.69) is 0 Å². The van der Waals surface area contributed by atoms with E-state index in [1.807, 2.05) is 30.3 Å². The van der Waals surface area contributed by atoms with Gasteiger partial charge in [-0.05, 0) is 24.1 Å². The maximum absolute atomic E-state index is 13.6. The Morgan fingerprint density at radius 3 is 2.33 bits per heavy atom. The van der Waals surface area contributed by atoms with Crippen molar-refractivity contribution in [2.24, 2.45) is 0 Å². The number of nitrogens with zero attached hydrogens (tertiary/aromatic N) is 4. The monoisotopic (exact) mass is 464 g/mol. The second-order valence-corrected chi connectivity index (χ2v) is 8.68. The van der Waals surface area contributed by atoms with Gasteiger partial charge in [-0.2, -0.15) is 0 Å². The van der Waals surface area contributed by atoms with Crippen LogP contribution >= 0.6 is 11.3 Å². The molecule has 0 saturated heterocycles. The summed E-state index contributed by atoms with van der Waals surface area (Å²) in [5, 5.41) is 11.8. The second kappa shape index (κ2) is 8.47. The first-order valence-corrected chi connectivity index (χ1v) is 10.8. The minimum Gasteiger partial charge on any atom is -0.344 e. The number of para-hydroxylation sites is 2. The van der Waals surface area contributed by atoms with E-state index < -0.39 is 16.2 Å². The first-order chi connectivity index (χ1) is 15.7. The molecule has 0 unspecified atom stereocenters. The molecular formula is C23H20N4O5S. The SMILES string of the molecule is Cc1c(C(=O)N(C)C)sc2c1c(=O)n(-c1ccccc1[N+](=O)[O-])c(=O)n2Cc1ccccc1. The summed E-state index contributed by atoms with van der Waals surface area (Å²) in [5.74, 6) is -0.288. The third-order valence-electron chi connectivity index (χ3n) is 5.32. The normalized spacial score (nSPS) is 11.0. The summed E-state index contributed by atoms with van der Waals surface area (Å²) in [7, 11) is 3.21. The molecule has 0 aliphatic rings. The summed E-state index contributed by atoms with van der Waals surface area (Å²) >= 11 is 1.07. The minimum absolute atomic E-state index is 0.118. The molecule has 2 heterocycles. The van der Waals surface area contributed by atoms with Crippen LogP contribution in [0.5, 0.6) is 0 Å². The molecule has 0 N–H and O–H groups in total. The van der Waals surface area contributed by atoms with Gasteiger partial charge in [-0.25, -0.2) is 9.36 Å². The van der Waals surface area contributed by atoms with Crippen LogP contribution in [-0.4, -0.2) is 39.0 Å². The zero-order valence-corrected chi connectivity index (χ0v) is 19.0. The van der Waals surface area contributed by atoms with Gasteiger partial charge in [-0.15, -0.1) is 11.3 Å². The maximum atomic E-state index is 13.6. The predicted molar refractivity (Wildman–Crippen MR) is 127 cm³/mol. The zero-order valence-electron chi connectivity index (χ0n) is 18.1. The van der Waals surface area contributed by atoms with Crippen molar-refractivity contribution >= 4 is 33.1 Å². The fourth-order valence-corrected chi connectivity index (χ4v) is 4.99. The first kappa shape index (κ1) is 22.2. The van der Waals surface area contributed by atoms with E-state index >= 15 is 0 Å². The third kappa shape index (κ3) is 3.74. The Labute approximate surface area is 191 Å². The van der Waals surface area contributed by atoms with Crippen LogP contribution < -0.4 is 11.2 Å². The number of aryl methyl sites for hydroxylation is 1. The van der Waals surface area contributed by atoms with E-state index in [0.29, 0.717) is 15.3 Å². The highest BCUT2D eigenvalue weighted by Crippen LogP contribution is 2.30. The second-order valence-electron chi connectivity index (χ2n) is 7.68. The van der Waals surface area contributed by atoms with Gasteiger partial charge in [-0.1, -0.05) is 42.5 Å². The van der Waals surface area contributed by atoms with E-state index in [1.54, 1.807) is 21.0 Å². The lowest BCUT2D eigenvalue weighted by molar-refractivity contribution is -0.384. The summed E-state index contributed by atoms with van der Waals surface area (Å²) in [5.41, 5.74) is -0.643. The highest BCUT2D eigenvalue weighted by Gasteiger charge is 2.26. The number of aromatic nitrogens is 2. The molecule has 1 amide bonds. The van der Waals surface area contributed by atoms with Gasteiger partial charge < -0.3 is 4.90 Å². The Morgan fingerprint density at radius 1 is 1.06 bits per heavy atom. The van der Waals surface area contributed by atoms with E-state index in [4.69, 9.17) is 0 Å². The number of nitro benzene ring substituents is 1. The van der Waals surface area contributed by atoms with Crippen molar-refractivity contribution in [2.75, 3.05) is 14.1 Å². The molecule has 4 rings (SSSR count). The van der Waals surface area contributed by atoms with Crippen LogP contribution in [0.15, 0.2) is 64.2 Å². The average Bonchev–Trinajstić information content (AvgIpc) is 3.14. The summed E-state index contributed by atoms with van der Waals surface area (Å²) in [6.07, 6.45) is 0. The Balaban J connectivity index is 2.14. The van der Waals surface area contributed by atoms with Crippen LogP contribution in [0.25, 0.3) is 15.9 Å². The van der Waals surface area contributed by atoms with Crippen LogP contribution in [0.4, 0.5) is 5.69 Å². The topological polar surface area (TPSA) is 107 Å². The number of thiophene rings is 1. The Kier molecular flexibility index (Phi) is 5.69. The van der Waals surface area contributed by atoms with Crippen molar-refractivity contribution in [2.45, 2.75) is 13.5 Å². The standard InChI is InChI=1S/C23H20N4O5S/c1-14-18-20(28)26(16-11-7-8-12-17(16)27(31)32)23(30)25(13-15-9-5-4-6-10-15)22(18)33-19(14)21(29)24(2)3/h4-12H,13H2,1-3H3. The Bertz CT molecular complexity index is 1520. The lowest BCUT2D eigenvalue weighted by atomic mass is 10.2. The number of benzene rings is 2. The molecule has 0 bridgehead atoms. The number of carbonyl (C=O) groups is 1. The molecule has 2 aromatic heterocycles. The number of hydrogen-bond acceptors (Lipinski definition) is 6. The van der Waals surface area contributed by atoms with Crippen LogP contribution in [0.2, 0.25) is 0 Å². The number of rotatable bonds is 5. The van der Waals surface area contributed by atoms with Gasteiger partial charge in [-0.3, -0.25) is 24.3 Å². The van der Waals surface area contributed by atoms with Crippen molar-refractivity contribution in [3.63, 3.8) is 0 Å². The Hall–Kier alpha value is -4.05.